The predicted molar refractivity (Wildman–Crippen MR) is 130 cm³/mol. The molecular weight excluding hydrogens is 535 g/mol. The van der Waals surface area contributed by atoms with Crippen LogP contribution in [0.4, 0.5) is 24.8 Å². The monoisotopic (exact) mass is 555 g/mol. The number of anilines is 2. The van der Waals surface area contributed by atoms with Crippen molar-refractivity contribution >= 4 is 46.4 Å². The van der Waals surface area contributed by atoms with Gasteiger partial charge in [0.1, 0.15) is 33.5 Å². The minimum absolute atomic E-state index is 0.109. The number of alkyl halides is 3. The second kappa shape index (κ2) is 10.9. The highest BCUT2D eigenvalue weighted by atomic mass is 35.5. The Kier molecular flexibility index (Phi) is 7.90. The van der Waals surface area contributed by atoms with Crippen LogP contribution < -0.4 is 15.5 Å². The summed E-state index contributed by atoms with van der Waals surface area (Å²) in [6.45, 7) is 2.90. The highest BCUT2D eigenvalue weighted by Gasteiger charge is 2.34. The summed E-state index contributed by atoms with van der Waals surface area (Å²) < 4.78 is 39.2. The summed E-state index contributed by atoms with van der Waals surface area (Å²) in [5, 5.41) is 14.6. The number of aliphatic hydroxyl groups excluding tert-OH is 1. The number of pyridine rings is 1. The van der Waals surface area contributed by atoms with Gasteiger partial charge in [-0.2, -0.15) is 13.2 Å². The zero-order valence-electron chi connectivity index (χ0n) is 19.3. The molecule has 10 nitrogen and oxygen atoms in total. The number of aliphatic hydroxyl groups is 1. The molecule has 2 amide bonds. The number of nitrogens with one attached hydrogen (secondary N) is 2. The number of amides is 2. The summed E-state index contributed by atoms with van der Waals surface area (Å²) >= 11 is 6.52. The first kappa shape index (κ1) is 26.7. The van der Waals surface area contributed by atoms with E-state index in [0.29, 0.717) is 42.8 Å². The van der Waals surface area contributed by atoms with Crippen LogP contribution in [0.3, 0.4) is 0 Å². The van der Waals surface area contributed by atoms with Crippen molar-refractivity contribution in [3.8, 4) is 0 Å². The lowest BCUT2D eigenvalue weighted by atomic mass is 10.1. The fraction of sp³-hybridized carbons (Fsp3) is 0.364. The molecular formula is C22H21ClF3N7O3S. The normalized spacial score (nSPS) is 15.4. The summed E-state index contributed by atoms with van der Waals surface area (Å²) in [6, 6.07) is 1.62. The van der Waals surface area contributed by atoms with Crippen molar-refractivity contribution in [3.63, 3.8) is 0 Å². The predicted octanol–water partition coefficient (Wildman–Crippen LogP) is 3.70. The topological polar surface area (TPSA) is 133 Å². The summed E-state index contributed by atoms with van der Waals surface area (Å²) in [4.78, 5) is 43.5. The van der Waals surface area contributed by atoms with E-state index in [-0.39, 0.29) is 22.5 Å². The Morgan fingerprint density at radius 1 is 1.14 bits per heavy atom. The molecule has 0 spiro atoms. The Bertz CT molecular complexity index is 1300. The fourth-order valence-corrected chi connectivity index (χ4v) is 4.59. The highest BCUT2D eigenvalue weighted by molar-refractivity contribution is 7.13. The molecule has 0 saturated carbocycles. The smallest absolute Gasteiger partial charge is 0.393 e. The first-order chi connectivity index (χ1) is 17.5. The van der Waals surface area contributed by atoms with Crippen LogP contribution in [0.5, 0.6) is 0 Å². The lowest BCUT2D eigenvalue weighted by molar-refractivity contribution is -0.137. The minimum Gasteiger partial charge on any atom is -0.393 e. The third kappa shape index (κ3) is 6.50. The molecule has 0 radical (unpaired) electrons. The molecule has 15 heteroatoms. The SMILES string of the molecule is C[C@@H](NC(=O)c1cc(N2CCC(O)CC2)ncn1)c1ncc(C(=O)Nc2cc(C(F)(F)F)c(Cl)cn2)s1. The lowest BCUT2D eigenvalue weighted by Crippen LogP contribution is -2.36. The molecule has 3 N–H and O–H groups in total. The molecule has 0 aliphatic carbocycles. The van der Waals surface area contributed by atoms with E-state index in [0.717, 1.165) is 17.5 Å². The standard InChI is InChI=1S/C22H21ClF3N7O3S/c1-11(31-19(35)15-7-18(30-10-29-15)33-4-2-12(34)3-5-33)21-28-9-16(37-21)20(36)32-17-6-13(22(24,25)26)14(23)8-27-17/h6-12,34H,2-5H2,1H3,(H,31,35)(H,27,32,36)/t11-/m1/s1. The summed E-state index contributed by atoms with van der Waals surface area (Å²) in [6.07, 6.45) is -0.464. The zero-order valence-corrected chi connectivity index (χ0v) is 20.9. The molecule has 1 fully saturated rings. The van der Waals surface area contributed by atoms with Gasteiger partial charge in [-0.25, -0.2) is 19.9 Å². The van der Waals surface area contributed by atoms with Gasteiger partial charge in [0.15, 0.2) is 0 Å². The van der Waals surface area contributed by atoms with Gasteiger partial charge in [-0.15, -0.1) is 11.3 Å². The molecule has 4 rings (SSSR count). The van der Waals surface area contributed by atoms with Crippen molar-refractivity contribution in [2.45, 2.75) is 38.1 Å². The molecule has 0 aromatic carbocycles. The molecule has 1 atom stereocenters. The van der Waals surface area contributed by atoms with Gasteiger partial charge >= 0.3 is 6.18 Å². The van der Waals surface area contributed by atoms with Crippen molar-refractivity contribution in [1.82, 2.24) is 25.3 Å². The fourth-order valence-electron chi connectivity index (χ4n) is 3.57. The molecule has 0 unspecified atom stereocenters. The van der Waals surface area contributed by atoms with Gasteiger partial charge in [-0.3, -0.25) is 9.59 Å². The molecule has 196 valence electrons. The summed E-state index contributed by atoms with van der Waals surface area (Å²) in [7, 11) is 0. The van der Waals surface area contributed by atoms with Crippen LogP contribution in [0.2, 0.25) is 5.02 Å². The van der Waals surface area contributed by atoms with Gasteiger partial charge < -0.3 is 20.6 Å². The first-order valence-corrected chi connectivity index (χ1v) is 12.3. The zero-order chi connectivity index (χ0) is 26.7. The molecule has 1 aliphatic rings. The third-order valence-electron chi connectivity index (χ3n) is 5.54. The van der Waals surface area contributed by atoms with E-state index in [1.54, 1.807) is 13.0 Å². The average molecular weight is 556 g/mol. The van der Waals surface area contributed by atoms with Crippen LogP contribution >= 0.6 is 22.9 Å². The van der Waals surface area contributed by atoms with E-state index in [1.807, 2.05) is 4.90 Å². The quantitative estimate of drug-likeness (QED) is 0.419. The van der Waals surface area contributed by atoms with Crippen LogP contribution in [0.25, 0.3) is 0 Å². The number of hydrogen-bond donors (Lipinski definition) is 3. The van der Waals surface area contributed by atoms with Crippen molar-refractivity contribution in [1.29, 1.82) is 0 Å². The van der Waals surface area contributed by atoms with Gasteiger partial charge in [0.25, 0.3) is 11.8 Å². The van der Waals surface area contributed by atoms with Crippen molar-refractivity contribution in [3.05, 3.63) is 57.0 Å². The molecule has 0 bridgehead atoms. The maximum atomic E-state index is 13.1. The van der Waals surface area contributed by atoms with Crippen LogP contribution in [0, 0.1) is 0 Å². The number of hydrogen-bond acceptors (Lipinski definition) is 9. The number of nitrogens with zero attached hydrogens (tertiary/aromatic N) is 5. The Labute approximate surface area is 217 Å². The maximum absolute atomic E-state index is 13.1. The molecule has 37 heavy (non-hydrogen) atoms. The number of carbonyl (C=O) groups is 2. The van der Waals surface area contributed by atoms with Crippen molar-refractivity contribution in [2.75, 3.05) is 23.3 Å². The highest BCUT2D eigenvalue weighted by Crippen LogP contribution is 2.35. The van der Waals surface area contributed by atoms with E-state index < -0.39 is 34.6 Å². The second-order valence-electron chi connectivity index (χ2n) is 8.24. The Morgan fingerprint density at radius 3 is 2.57 bits per heavy atom. The molecule has 1 saturated heterocycles. The van der Waals surface area contributed by atoms with Gasteiger partial charge in [-0.1, -0.05) is 11.6 Å². The van der Waals surface area contributed by atoms with Gasteiger partial charge in [0.05, 0.1) is 28.9 Å². The number of rotatable bonds is 6. The summed E-state index contributed by atoms with van der Waals surface area (Å²) in [5.41, 5.74) is -0.974. The summed E-state index contributed by atoms with van der Waals surface area (Å²) in [5.74, 6) is -0.921. The van der Waals surface area contributed by atoms with E-state index in [2.05, 4.69) is 30.6 Å². The molecule has 3 aromatic heterocycles. The largest absolute Gasteiger partial charge is 0.418 e. The van der Waals surface area contributed by atoms with Gasteiger partial charge in [-0.05, 0) is 25.8 Å². The number of aromatic nitrogens is 4. The van der Waals surface area contributed by atoms with Gasteiger partial charge in [0, 0.05) is 25.4 Å². The number of halogens is 4. The second-order valence-corrected chi connectivity index (χ2v) is 9.71. The Morgan fingerprint density at radius 2 is 1.86 bits per heavy atom. The maximum Gasteiger partial charge on any atom is 0.418 e. The molecule has 3 aromatic rings. The van der Waals surface area contributed by atoms with Gasteiger partial charge in [0.2, 0.25) is 0 Å². The lowest BCUT2D eigenvalue weighted by Gasteiger charge is -2.30. The molecule has 1 aliphatic heterocycles. The van der Waals surface area contributed by atoms with E-state index in [4.69, 9.17) is 11.6 Å². The van der Waals surface area contributed by atoms with Crippen molar-refractivity contribution < 1.29 is 27.9 Å². The van der Waals surface area contributed by atoms with E-state index >= 15 is 0 Å². The first-order valence-electron chi connectivity index (χ1n) is 11.1. The molecule has 4 heterocycles. The number of piperidine rings is 1. The van der Waals surface area contributed by atoms with Crippen molar-refractivity contribution in [2.24, 2.45) is 0 Å². The van der Waals surface area contributed by atoms with E-state index in [9.17, 15) is 27.9 Å². The van der Waals surface area contributed by atoms with E-state index in [1.165, 1.54) is 12.5 Å². The minimum atomic E-state index is -4.70. The third-order valence-corrected chi connectivity index (χ3v) is 7.02. The van der Waals surface area contributed by atoms with Crippen LogP contribution in [-0.2, 0) is 6.18 Å². The van der Waals surface area contributed by atoms with Crippen LogP contribution in [0.15, 0.2) is 30.9 Å². The average Bonchev–Trinajstić information content (AvgIpc) is 3.36. The Hall–Kier alpha value is -3.36. The number of carbonyl (C=O) groups excluding carboxylic acids is 2. The van der Waals surface area contributed by atoms with Crippen LogP contribution in [-0.4, -0.2) is 56.1 Å². The number of thiazole rings is 1. The Balaban J connectivity index is 1.39. The van der Waals surface area contributed by atoms with Crippen LogP contribution in [0.1, 0.15) is 56.5 Å².